The number of benzene rings is 2. The fourth-order valence-corrected chi connectivity index (χ4v) is 4.08. The summed E-state index contributed by atoms with van der Waals surface area (Å²) in [5.41, 5.74) is 5.53. The Labute approximate surface area is 176 Å². The number of carbonyl (C=O) groups is 1. The highest BCUT2D eigenvalue weighted by molar-refractivity contribution is 6.36. The van der Waals surface area contributed by atoms with Gasteiger partial charge in [-0.25, -0.2) is 0 Å². The minimum atomic E-state index is -0.726. The van der Waals surface area contributed by atoms with Crippen LogP contribution >= 0.6 is 0 Å². The van der Waals surface area contributed by atoms with E-state index >= 15 is 0 Å². The summed E-state index contributed by atoms with van der Waals surface area (Å²) in [6.07, 6.45) is 0.106. The molecule has 0 fully saturated rings. The lowest BCUT2D eigenvalue weighted by atomic mass is 9.98. The normalized spacial score (nSPS) is 18.4. The summed E-state index contributed by atoms with van der Waals surface area (Å²) in [5.74, 6) is 0.520. The van der Waals surface area contributed by atoms with Crippen LogP contribution in [0.5, 0.6) is 0 Å². The van der Waals surface area contributed by atoms with Gasteiger partial charge in [-0.3, -0.25) is 9.69 Å². The van der Waals surface area contributed by atoms with Crippen molar-refractivity contribution in [1.82, 2.24) is 4.90 Å². The molecule has 30 heavy (non-hydrogen) atoms. The zero-order chi connectivity index (χ0) is 21.3. The van der Waals surface area contributed by atoms with E-state index in [4.69, 9.17) is 9.84 Å². The molecule has 0 spiro atoms. The number of para-hydroxylation sites is 1. The molecule has 4 rings (SSSR count). The van der Waals surface area contributed by atoms with Crippen molar-refractivity contribution in [2.75, 3.05) is 25.0 Å². The summed E-state index contributed by atoms with van der Waals surface area (Å²) < 4.78 is 5.97. The Hall–Kier alpha value is -2.67. The number of fused-ring (bicyclic) bond motifs is 2. The van der Waals surface area contributed by atoms with Crippen LogP contribution in [-0.4, -0.2) is 52.9 Å². The average Bonchev–Trinajstić information content (AvgIpc) is 3.29. The minimum Gasteiger partial charge on any atom is -0.487 e. The highest BCUT2D eigenvalue weighted by Gasteiger charge is 2.32. The molecule has 6 nitrogen and oxygen atoms in total. The van der Waals surface area contributed by atoms with Gasteiger partial charge in [-0.15, -0.1) is 0 Å². The van der Waals surface area contributed by atoms with Crippen LogP contribution in [0.1, 0.15) is 36.1 Å². The molecule has 2 aliphatic rings. The zero-order valence-corrected chi connectivity index (χ0v) is 17.4. The summed E-state index contributed by atoms with van der Waals surface area (Å²) >= 11 is 0. The van der Waals surface area contributed by atoms with Crippen LogP contribution in [0.25, 0.3) is 11.3 Å². The summed E-state index contributed by atoms with van der Waals surface area (Å²) in [6.45, 7) is 5.64. The molecule has 0 aromatic heterocycles. The Morgan fingerprint density at radius 2 is 1.97 bits per heavy atom. The van der Waals surface area contributed by atoms with Gasteiger partial charge < -0.3 is 20.3 Å². The molecule has 1 amide bonds. The van der Waals surface area contributed by atoms with Gasteiger partial charge in [0, 0.05) is 41.5 Å². The topological polar surface area (TPSA) is 82.0 Å². The van der Waals surface area contributed by atoms with Gasteiger partial charge in [0.25, 0.3) is 5.91 Å². The van der Waals surface area contributed by atoms with Crippen LogP contribution in [0, 0.1) is 0 Å². The van der Waals surface area contributed by atoms with E-state index in [9.17, 15) is 9.90 Å². The number of rotatable bonds is 7. The Morgan fingerprint density at radius 3 is 2.73 bits per heavy atom. The van der Waals surface area contributed by atoms with Crippen molar-refractivity contribution in [1.29, 1.82) is 0 Å². The molecule has 2 aliphatic heterocycles. The SMILES string of the molecule is CC(C)N(CCc1ccc2c(c1)CO/C2=C1/C(=O)Nc2ccccc21)CC(O)CO. The first-order valence-corrected chi connectivity index (χ1v) is 10.4. The Balaban J connectivity index is 1.54. The number of carbonyl (C=O) groups excluding carboxylic acids is 1. The summed E-state index contributed by atoms with van der Waals surface area (Å²) in [7, 11) is 0. The number of hydrogen-bond acceptors (Lipinski definition) is 5. The molecule has 6 heteroatoms. The van der Waals surface area contributed by atoms with Crippen molar-refractivity contribution >= 4 is 22.9 Å². The van der Waals surface area contributed by atoms with E-state index in [0.29, 0.717) is 24.5 Å². The predicted octanol–water partition coefficient (Wildman–Crippen LogP) is 2.64. The molecule has 3 N–H and O–H groups in total. The second-order valence-electron chi connectivity index (χ2n) is 8.16. The third-order valence-corrected chi connectivity index (χ3v) is 5.76. The Kier molecular flexibility index (Phi) is 5.90. The number of amides is 1. The number of nitrogens with zero attached hydrogens (tertiary/aromatic N) is 1. The minimum absolute atomic E-state index is 0.127. The number of ether oxygens (including phenoxy) is 1. The summed E-state index contributed by atoms with van der Waals surface area (Å²) in [5, 5.41) is 21.8. The first-order chi connectivity index (χ1) is 14.5. The fraction of sp³-hybridized carbons (Fsp3) is 0.375. The smallest absolute Gasteiger partial charge is 0.260 e. The van der Waals surface area contributed by atoms with Crippen molar-refractivity contribution in [3.8, 4) is 0 Å². The van der Waals surface area contributed by atoms with E-state index in [1.165, 1.54) is 5.56 Å². The quantitative estimate of drug-likeness (QED) is 0.614. The highest BCUT2D eigenvalue weighted by atomic mass is 16.5. The molecule has 0 saturated carbocycles. The van der Waals surface area contributed by atoms with Crippen molar-refractivity contribution in [2.24, 2.45) is 0 Å². The van der Waals surface area contributed by atoms with E-state index in [1.807, 2.05) is 30.3 Å². The van der Waals surface area contributed by atoms with Crippen molar-refractivity contribution in [3.63, 3.8) is 0 Å². The van der Waals surface area contributed by atoms with E-state index in [1.54, 1.807) is 0 Å². The van der Waals surface area contributed by atoms with Gasteiger partial charge in [-0.1, -0.05) is 36.4 Å². The standard InChI is InChI=1S/C24H28N2O4/c1-15(2)26(12-18(28)13-27)10-9-16-7-8-19-17(11-16)14-30-23(19)22-20-5-3-4-6-21(20)25-24(22)29/h3-8,11,15,18,27-28H,9-10,12-14H2,1-2H3,(H,25,29)/b23-22+. The molecule has 2 heterocycles. The van der Waals surface area contributed by atoms with Crippen LogP contribution in [0.2, 0.25) is 0 Å². The summed E-state index contributed by atoms with van der Waals surface area (Å²) in [4.78, 5) is 14.7. The van der Waals surface area contributed by atoms with Crippen LogP contribution in [0.3, 0.4) is 0 Å². The van der Waals surface area contributed by atoms with Crippen molar-refractivity contribution in [3.05, 3.63) is 64.7 Å². The molecule has 1 atom stereocenters. The van der Waals surface area contributed by atoms with Crippen LogP contribution in [0.4, 0.5) is 5.69 Å². The lowest BCUT2D eigenvalue weighted by molar-refractivity contribution is -0.110. The lowest BCUT2D eigenvalue weighted by Gasteiger charge is -2.28. The van der Waals surface area contributed by atoms with Crippen molar-refractivity contribution in [2.45, 2.75) is 39.0 Å². The molecular weight excluding hydrogens is 380 g/mol. The van der Waals surface area contributed by atoms with Crippen LogP contribution in [-0.2, 0) is 22.6 Å². The molecule has 2 aromatic rings. The molecule has 2 aromatic carbocycles. The Morgan fingerprint density at radius 1 is 1.17 bits per heavy atom. The highest BCUT2D eigenvalue weighted by Crippen LogP contribution is 2.41. The monoisotopic (exact) mass is 408 g/mol. The first kappa shape index (κ1) is 20.6. The molecular formula is C24H28N2O4. The van der Waals surface area contributed by atoms with E-state index in [0.717, 1.165) is 35.3 Å². The fourth-order valence-electron chi connectivity index (χ4n) is 4.08. The van der Waals surface area contributed by atoms with Gasteiger partial charge in [-0.2, -0.15) is 0 Å². The molecule has 0 radical (unpaired) electrons. The van der Waals surface area contributed by atoms with E-state index in [-0.39, 0.29) is 18.6 Å². The first-order valence-electron chi connectivity index (χ1n) is 10.4. The number of aliphatic hydroxyl groups is 2. The molecule has 158 valence electrons. The van der Waals surface area contributed by atoms with Gasteiger partial charge >= 0.3 is 0 Å². The number of aliphatic hydroxyl groups excluding tert-OH is 2. The second-order valence-corrected chi connectivity index (χ2v) is 8.16. The Bertz CT molecular complexity index is 983. The number of hydrogen-bond donors (Lipinski definition) is 3. The molecule has 0 bridgehead atoms. The molecule has 1 unspecified atom stereocenters. The van der Waals surface area contributed by atoms with Crippen LogP contribution in [0.15, 0.2) is 42.5 Å². The number of nitrogens with one attached hydrogen (secondary N) is 1. The molecule has 0 saturated heterocycles. The second kappa shape index (κ2) is 8.60. The van der Waals surface area contributed by atoms with Crippen LogP contribution < -0.4 is 5.32 Å². The van der Waals surface area contributed by atoms with Gasteiger partial charge in [-0.05, 0) is 31.9 Å². The van der Waals surface area contributed by atoms with Gasteiger partial charge in [0.15, 0.2) is 0 Å². The van der Waals surface area contributed by atoms with E-state index in [2.05, 4.69) is 36.2 Å². The predicted molar refractivity (Wildman–Crippen MR) is 117 cm³/mol. The molecule has 0 aliphatic carbocycles. The zero-order valence-electron chi connectivity index (χ0n) is 17.4. The third-order valence-electron chi connectivity index (χ3n) is 5.76. The van der Waals surface area contributed by atoms with E-state index < -0.39 is 6.10 Å². The lowest BCUT2D eigenvalue weighted by Crippen LogP contribution is -2.40. The number of anilines is 1. The maximum Gasteiger partial charge on any atom is 0.260 e. The maximum absolute atomic E-state index is 12.6. The van der Waals surface area contributed by atoms with Crippen molar-refractivity contribution < 1.29 is 19.7 Å². The third kappa shape index (κ3) is 3.99. The average molecular weight is 408 g/mol. The van der Waals surface area contributed by atoms with Gasteiger partial charge in [0.1, 0.15) is 12.4 Å². The summed E-state index contributed by atoms with van der Waals surface area (Å²) in [6, 6.07) is 14.2. The maximum atomic E-state index is 12.6. The largest absolute Gasteiger partial charge is 0.487 e. The van der Waals surface area contributed by atoms with Gasteiger partial charge in [0.05, 0.1) is 18.3 Å². The van der Waals surface area contributed by atoms with Gasteiger partial charge in [0.2, 0.25) is 0 Å².